The van der Waals surface area contributed by atoms with Gasteiger partial charge in [-0.2, -0.15) is 0 Å². The highest BCUT2D eigenvalue weighted by Crippen LogP contribution is 2.45. The second-order valence-corrected chi connectivity index (χ2v) is 11.3. The van der Waals surface area contributed by atoms with E-state index in [1.165, 1.54) is 16.7 Å². The van der Waals surface area contributed by atoms with Crippen LogP contribution in [0.2, 0.25) is 0 Å². The van der Waals surface area contributed by atoms with Crippen molar-refractivity contribution >= 4 is 5.82 Å². The van der Waals surface area contributed by atoms with Crippen molar-refractivity contribution < 1.29 is 19.7 Å². The van der Waals surface area contributed by atoms with Crippen LogP contribution in [-0.2, 0) is 21.5 Å². The van der Waals surface area contributed by atoms with Crippen molar-refractivity contribution in [3.63, 3.8) is 0 Å². The van der Waals surface area contributed by atoms with Gasteiger partial charge in [0.25, 0.3) is 0 Å². The van der Waals surface area contributed by atoms with Gasteiger partial charge in [-0.1, -0.05) is 12.1 Å². The molecule has 3 saturated heterocycles. The molecule has 0 radical (unpaired) electrons. The van der Waals surface area contributed by atoms with E-state index in [4.69, 9.17) is 14.5 Å². The SMILES string of the molecule is Cc1nc(N2CCOC[C@@H]2CO)cc(C2(O)CCc3cc(C)c(C4CCN(C5CCOC5)CC4)cc32)n1. The lowest BCUT2D eigenvalue weighted by Gasteiger charge is -2.37. The van der Waals surface area contributed by atoms with Crippen LogP contribution in [0.3, 0.4) is 0 Å². The molecule has 200 valence electrons. The van der Waals surface area contributed by atoms with Gasteiger partial charge in [0, 0.05) is 25.3 Å². The van der Waals surface area contributed by atoms with Crippen molar-refractivity contribution in [2.24, 2.45) is 0 Å². The van der Waals surface area contributed by atoms with E-state index >= 15 is 0 Å². The molecule has 3 fully saturated rings. The van der Waals surface area contributed by atoms with Crippen LogP contribution in [0, 0.1) is 13.8 Å². The quantitative estimate of drug-likeness (QED) is 0.637. The Balaban J connectivity index is 1.29. The van der Waals surface area contributed by atoms with Crippen molar-refractivity contribution in [2.75, 3.05) is 57.6 Å². The Bertz CT molecular complexity index is 1130. The molecule has 1 aromatic heterocycles. The highest BCUT2D eigenvalue weighted by atomic mass is 16.5. The molecule has 6 rings (SSSR count). The van der Waals surface area contributed by atoms with Gasteiger partial charge in [0.1, 0.15) is 17.2 Å². The van der Waals surface area contributed by atoms with Crippen LogP contribution in [0.4, 0.5) is 5.82 Å². The number of likely N-dealkylation sites (tertiary alicyclic amines) is 1. The van der Waals surface area contributed by atoms with Crippen molar-refractivity contribution in [3.8, 4) is 0 Å². The van der Waals surface area contributed by atoms with E-state index < -0.39 is 5.60 Å². The fourth-order valence-corrected chi connectivity index (χ4v) is 6.94. The molecule has 0 spiro atoms. The summed E-state index contributed by atoms with van der Waals surface area (Å²) in [4.78, 5) is 14.1. The summed E-state index contributed by atoms with van der Waals surface area (Å²) >= 11 is 0. The summed E-state index contributed by atoms with van der Waals surface area (Å²) in [7, 11) is 0. The van der Waals surface area contributed by atoms with Crippen LogP contribution in [0.15, 0.2) is 18.2 Å². The summed E-state index contributed by atoms with van der Waals surface area (Å²) in [5.41, 5.74) is 4.46. The highest BCUT2D eigenvalue weighted by Gasteiger charge is 2.42. The second kappa shape index (κ2) is 10.2. The molecule has 8 nitrogen and oxygen atoms in total. The van der Waals surface area contributed by atoms with E-state index in [1.807, 2.05) is 13.0 Å². The zero-order chi connectivity index (χ0) is 25.6. The highest BCUT2D eigenvalue weighted by molar-refractivity contribution is 5.52. The summed E-state index contributed by atoms with van der Waals surface area (Å²) < 4.78 is 11.2. The molecule has 0 bridgehead atoms. The number of nitrogens with zero attached hydrogens (tertiary/aromatic N) is 4. The van der Waals surface area contributed by atoms with Gasteiger partial charge in [-0.25, -0.2) is 9.97 Å². The fraction of sp³-hybridized carbons (Fsp3) is 0.655. The Labute approximate surface area is 219 Å². The number of benzene rings is 1. The lowest BCUT2D eigenvalue weighted by Crippen LogP contribution is -2.48. The van der Waals surface area contributed by atoms with Gasteiger partial charge in [0.2, 0.25) is 0 Å². The zero-order valence-corrected chi connectivity index (χ0v) is 22.2. The monoisotopic (exact) mass is 508 g/mol. The van der Waals surface area contributed by atoms with Crippen LogP contribution >= 0.6 is 0 Å². The Morgan fingerprint density at radius 2 is 1.81 bits per heavy atom. The molecule has 2 N–H and O–H groups in total. The van der Waals surface area contributed by atoms with Gasteiger partial charge < -0.3 is 24.6 Å². The summed E-state index contributed by atoms with van der Waals surface area (Å²) in [6, 6.07) is 6.96. The fourth-order valence-electron chi connectivity index (χ4n) is 6.94. The zero-order valence-electron chi connectivity index (χ0n) is 22.2. The lowest BCUT2D eigenvalue weighted by molar-refractivity contribution is 0.0713. The largest absolute Gasteiger partial charge is 0.394 e. The molecule has 2 aromatic rings. The topological polar surface area (TPSA) is 91.2 Å². The third-order valence-electron chi connectivity index (χ3n) is 9.07. The molecule has 2 unspecified atom stereocenters. The van der Waals surface area contributed by atoms with Crippen molar-refractivity contribution in [3.05, 3.63) is 52.0 Å². The van der Waals surface area contributed by atoms with E-state index in [-0.39, 0.29) is 12.6 Å². The van der Waals surface area contributed by atoms with Gasteiger partial charge in [0.15, 0.2) is 0 Å². The maximum atomic E-state index is 12.2. The van der Waals surface area contributed by atoms with Gasteiger partial charge in [-0.05, 0) is 87.2 Å². The lowest BCUT2D eigenvalue weighted by atomic mass is 9.82. The Kier molecular flexibility index (Phi) is 6.96. The molecule has 0 saturated carbocycles. The molecular weight excluding hydrogens is 468 g/mol. The molecular formula is C29H40N4O4. The summed E-state index contributed by atoms with van der Waals surface area (Å²) in [6.45, 7) is 9.82. The molecule has 4 heterocycles. The number of rotatable bonds is 5. The molecule has 37 heavy (non-hydrogen) atoms. The first-order valence-corrected chi connectivity index (χ1v) is 14.0. The van der Waals surface area contributed by atoms with Gasteiger partial charge in [-0.3, -0.25) is 4.90 Å². The van der Waals surface area contributed by atoms with Crippen LogP contribution in [0.5, 0.6) is 0 Å². The maximum absolute atomic E-state index is 12.2. The molecule has 4 aliphatic rings. The second-order valence-electron chi connectivity index (χ2n) is 11.3. The number of aliphatic hydroxyl groups excluding tert-OH is 1. The van der Waals surface area contributed by atoms with E-state index in [9.17, 15) is 10.2 Å². The smallest absolute Gasteiger partial charge is 0.133 e. The number of fused-ring (bicyclic) bond motifs is 1. The number of aryl methyl sites for hydroxylation is 3. The first kappa shape index (κ1) is 25.2. The average molecular weight is 509 g/mol. The Morgan fingerprint density at radius 3 is 2.57 bits per heavy atom. The summed E-state index contributed by atoms with van der Waals surface area (Å²) in [5, 5.41) is 22.1. The predicted octanol–water partition coefficient (Wildman–Crippen LogP) is 2.44. The van der Waals surface area contributed by atoms with E-state index in [1.54, 1.807) is 0 Å². The molecule has 1 aliphatic carbocycles. The summed E-state index contributed by atoms with van der Waals surface area (Å²) in [5.74, 6) is 1.89. The third kappa shape index (κ3) is 4.68. The minimum atomic E-state index is -1.14. The van der Waals surface area contributed by atoms with Crippen molar-refractivity contribution in [2.45, 2.75) is 69.6 Å². The van der Waals surface area contributed by atoms with E-state index in [0.717, 1.165) is 63.4 Å². The Hall–Kier alpha value is -2.10. The number of morpholine rings is 1. The number of ether oxygens (including phenoxy) is 2. The number of piperidine rings is 1. The minimum Gasteiger partial charge on any atom is -0.394 e. The standard InChI is InChI=1S/C29H40N4O4/c1-19-13-22-3-7-29(35,27-15-28(31-20(2)30-27)33-10-12-37-18-24(33)16-34)26(22)14-25(19)21-4-8-32(9-5-21)23-6-11-36-17-23/h13-15,21,23-24,34-35H,3-12,16-18H2,1-2H3/t23?,24-,29?/m0/s1. The van der Waals surface area contributed by atoms with Crippen LogP contribution in [-0.4, -0.2) is 89.8 Å². The van der Waals surface area contributed by atoms with Crippen molar-refractivity contribution in [1.29, 1.82) is 0 Å². The Morgan fingerprint density at radius 1 is 1.00 bits per heavy atom. The number of anilines is 1. The molecule has 0 amide bonds. The molecule has 3 aliphatic heterocycles. The van der Waals surface area contributed by atoms with E-state index in [2.05, 4.69) is 33.8 Å². The maximum Gasteiger partial charge on any atom is 0.133 e. The normalized spacial score (nSPS) is 29.1. The number of hydrogen-bond acceptors (Lipinski definition) is 8. The van der Waals surface area contributed by atoms with Crippen molar-refractivity contribution in [1.82, 2.24) is 14.9 Å². The van der Waals surface area contributed by atoms with Crippen LogP contribution < -0.4 is 4.90 Å². The molecule has 3 atom stereocenters. The predicted molar refractivity (Wildman–Crippen MR) is 141 cm³/mol. The minimum absolute atomic E-state index is 0.000704. The van der Waals surface area contributed by atoms with Gasteiger partial charge >= 0.3 is 0 Å². The molecule has 1 aromatic carbocycles. The van der Waals surface area contributed by atoms with Crippen LogP contribution in [0.25, 0.3) is 0 Å². The van der Waals surface area contributed by atoms with Gasteiger partial charge in [-0.15, -0.1) is 0 Å². The third-order valence-corrected chi connectivity index (χ3v) is 9.07. The number of aliphatic hydroxyl groups is 2. The van der Waals surface area contributed by atoms with Gasteiger partial charge in [0.05, 0.1) is 38.2 Å². The average Bonchev–Trinajstić information content (AvgIpc) is 3.57. The van der Waals surface area contributed by atoms with Crippen LogP contribution in [0.1, 0.15) is 65.4 Å². The first-order chi connectivity index (χ1) is 18.0. The number of aromatic nitrogens is 2. The number of hydrogen-bond donors (Lipinski definition) is 2. The summed E-state index contributed by atoms with van der Waals surface area (Å²) in [6.07, 6.45) is 4.89. The van der Waals surface area contributed by atoms with E-state index in [0.29, 0.717) is 49.7 Å². The molecule has 8 heteroatoms. The first-order valence-electron chi connectivity index (χ1n) is 14.0.